The van der Waals surface area contributed by atoms with Crippen molar-refractivity contribution in [2.75, 3.05) is 4.90 Å². The second-order valence-corrected chi connectivity index (χ2v) is 4.96. The van der Waals surface area contributed by atoms with E-state index in [9.17, 15) is 9.70 Å². The summed E-state index contributed by atoms with van der Waals surface area (Å²) >= 11 is 0. The van der Waals surface area contributed by atoms with Gasteiger partial charge in [-0.3, -0.25) is 9.69 Å². The number of hydrogen-bond acceptors (Lipinski definition) is 3. The quantitative estimate of drug-likeness (QED) is 0.776. The van der Waals surface area contributed by atoms with Crippen LogP contribution in [0.25, 0.3) is 0 Å². The molecule has 1 aliphatic rings. The lowest BCUT2D eigenvalue weighted by Gasteiger charge is -2.20. The maximum absolute atomic E-state index is 12.5. The van der Waals surface area contributed by atoms with Crippen LogP contribution in [0.3, 0.4) is 0 Å². The van der Waals surface area contributed by atoms with Gasteiger partial charge in [0, 0.05) is 5.56 Å². The molecular weight excluding hydrogens is 252 g/mol. The molecule has 0 fully saturated rings. The van der Waals surface area contributed by atoms with Crippen molar-refractivity contribution >= 4 is 17.3 Å². The van der Waals surface area contributed by atoms with Crippen LogP contribution in [-0.2, 0) is 4.79 Å². The number of benzene rings is 2. The standard InChI is InChI=1S/C16H14N2O2/c1-10-6-5-9-13(11(10)2)18-14-8-4-3-7-12(14)15(17-20)16(18)19/h3-9,15H,1-2H3. The molecule has 0 spiro atoms. The minimum Gasteiger partial charge on any atom is -0.278 e. The van der Waals surface area contributed by atoms with Crippen molar-refractivity contribution in [3.63, 3.8) is 0 Å². The molecule has 3 rings (SSSR count). The van der Waals surface area contributed by atoms with Gasteiger partial charge in [0.05, 0.1) is 11.4 Å². The zero-order chi connectivity index (χ0) is 14.3. The van der Waals surface area contributed by atoms with Crippen molar-refractivity contribution in [3.05, 3.63) is 64.1 Å². The molecule has 100 valence electrons. The van der Waals surface area contributed by atoms with Gasteiger partial charge in [-0.05, 0) is 37.1 Å². The van der Waals surface area contributed by atoms with Crippen LogP contribution in [0, 0.1) is 18.8 Å². The summed E-state index contributed by atoms with van der Waals surface area (Å²) in [4.78, 5) is 25.1. The van der Waals surface area contributed by atoms with Gasteiger partial charge >= 0.3 is 0 Å². The summed E-state index contributed by atoms with van der Waals surface area (Å²) in [7, 11) is 0. The normalized spacial score (nSPS) is 17.2. The summed E-state index contributed by atoms with van der Waals surface area (Å²) in [6.45, 7) is 3.98. The molecule has 20 heavy (non-hydrogen) atoms. The van der Waals surface area contributed by atoms with E-state index >= 15 is 0 Å². The van der Waals surface area contributed by atoms with E-state index in [4.69, 9.17) is 0 Å². The van der Waals surface area contributed by atoms with Crippen molar-refractivity contribution in [1.82, 2.24) is 0 Å². The van der Waals surface area contributed by atoms with E-state index in [2.05, 4.69) is 5.18 Å². The summed E-state index contributed by atoms with van der Waals surface area (Å²) < 4.78 is 0. The average Bonchev–Trinajstić information content (AvgIpc) is 2.74. The topological polar surface area (TPSA) is 49.7 Å². The Balaban J connectivity index is 2.22. The molecule has 0 radical (unpaired) electrons. The molecular formula is C16H14N2O2. The molecule has 1 heterocycles. The van der Waals surface area contributed by atoms with Crippen LogP contribution in [-0.4, -0.2) is 5.91 Å². The van der Waals surface area contributed by atoms with E-state index in [0.29, 0.717) is 5.56 Å². The largest absolute Gasteiger partial charge is 0.278 e. The van der Waals surface area contributed by atoms with Crippen molar-refractivity contribution in [3.8, 4) is 0 Å². The molecule has 2 aromatic rings. The monoisotopic (exact) mass is 266 g/mol. The molecule has 2 aromatic carbocycles. The zero-order valence-corrected chi connectivity index (χ0v) is 11.3. The maximum Gasteiger partial charge on any atom is 0.264 e. The fraction of sp³-hybridized carbons (Fsp3) is 0.188. The Labute approximate surface area is 117 Å². The van der Waals surface area contributed by atoms with E-state index < -0.39 is 6.04 Å². The van der Waals surface area contributed by atoms with E-state index in [1.165, 1.54) is 0 Å². The lowest BCUT2D eigenvalue weighted by atomic mass is 10.1. The van der Waals surface area contributed by atoms with Crippen LogP contribution in [0.15, 0.2) is 47.6 Å². The molecule has 4 heteroatoms. The molecule has 0 N–H and O–H groups in total. The highest BCUT2D eigenvalue weighted by Gasteiger charge is 2.39. The number of aryl methyl sites for hydroxylation is 1. The van der Waals surface area contributed by atoms with Crippen LogP contribution in [0.2, 0.25) is 0 Å². The molecule has 4 nitrogen and oxygen atoms in total. The van der Waals surface area contributed by atoms with Gasteiger partial charge in [-0.25, -0.2) is 0 Å². The molecule has 0 saturated heterocycles. The van der Waals surface area contributed by atoms with Gasteiger partial charge in [0.15, 0.2) is 6.04 Å². The fourth-order valence-corrected chi connectivity index (χ4v) is 2.62. The third kappa shape index (κ3) is 1.65. The Hall–Kier alpha value is -2.49. The van der Waals surface area contributed by atoms with Gasteiger partial charge in [-0.15, -0.1) is 4.91 Å². The van der Waals surface area contributed by atoms with Crippen molar-refractivity contribution < 1.29 is 4.79 Å². The molecule has 0 saturated carbocycles. The smallest absolute Gasteiger partial charge is 0.264 e. The molecule has 0 aliphatic carbocycles. The molecule has 1 amide bonds. The predicted molar refractivity (Wildman–Crippen MR) is 78.0 cm³/mol. The third-order valence-electron chi connectivity index (χ3n) is 3.85. The molecule has 1 unspecified atom stereocenters. The first-order chi connectivity index (χ1) is 9.65. The Bertz CT molecular complexity index is 709. The SMILES string of the molecule is Cc1cccc(N2C(=O)C(N=O)c3ccccc32)c1C. The Kier molecular flexibility index (Phi) is 2.86. The second kappa shape index (κ2) is 4.56. The number of fused-ring (bicyclic) bond motifs is 1. The third-order valence-corrected chi connectivity index (χ3v) is 3.85. The number of rotatable bonds is 2. The van der Waals surface area contributed by atoms with E-state index in [1.807, 2.05) is 50.2 Å². The minimum atomic E-state index is -0.939. The van der Waals surface area contributed by atoms with Crippen LogP contribution in [0.1, 0.15) is 22.7 Å². The van der Waals surface area contributed by atoms with Crippen LogP contribution < -0.4 is 4.90 Å². The molecule has 0 aromatic heterocycles. The summed E-state index contributed by atoms with van der Waals surface area (Å²) in [5.74, 6) is -0.282. The van der Waals surface area contributed by atoms with Gasteiger partial charge in [0.2, 0.25) is 0 Å². The van der Waals surface area contributed by atoms with Gasteiger partial charge in [-0.2, -0.15) is 0 Å². The van der Waals surface area contributed by atoms with Gasteiger partial charge in [-0.1, -0.05) is 35.5 Å². The first-order valence-electron chi connectivity index (χ1n) is 6.46. The molecule has 0 bridgehead atoms. The van der Waals surface area contributed by atoms with E-state index in [1.54, 1.807) is 11.0 Å². The summed E-state index contributed by atoms with van der Waals surface area (Å²) in [6.07, 6.45) is 0. The van der Waals surface area contributed by atoms with Crippen LogP contribution >= 0.6 is 0 Å². The van der Waals surface area contributed by atoms with Crippen molar-refractivity contribution in [1.29, 1.82) is 0 Å². The van der Waals surface area contributed by atoms with E-state index in [-0.39, 0.29) is 5.91 Å². The fourth-order valence-electron chi connectivity index (χ4n) is 2.62. The van der Waals surface area contributed by atoms with Crippen molar-refractivity contribution in [2.45, 2.75) is 19.9 Å². The number of carbonyl (C=O) groups excluding carboxylic acids is 1. The van der Waals surface area contributed by atoms with E-state index in [0.717, 1.165) is 22.5 Å². The highest BCUT2D eigenvalue weighted by molar-refractivity contribution is 6.10. The van der Waals surface area contributed by atoms with Crippen molar-refractivity contribution in [2.24, 2.45) is 5.18 Å². The first-order valence-corrected chi connectivity index (χ1v) is 6.46. The summed E-state index contributed by atoms with van der Waals surface area (Å²) in [6, 6.07) is 12.2. The highest BCUT2D eigenvalue weighted by Crippen LogP contribution is 2.43. The second-order valence-electron chi connectivity index (χ2n) is 4.96. The minimum absolute atomic E-state index is 0.282. The number of nitrogens with zero attached hydrogens (tertiary/aromatic N) is 2. The zero-order valence-electron chi connectivity index (χ0n) is 11.3. The number of carbonyl (C=O) groups is 1. The van der Waals surface area contributed by atoms with Gasteiger partial charge in [0.1, 0.15) is 0 Å². The predicted octanol–water partition coefficient (Wildman–Crippen LogP) is 3.79. The maximum atomic E-state index is 12.5. The average molecular weight is 266 g/mol. The van der Waals surface area contributed by atoms with Crippen LogP contribution in [0.4, 0.5) is 11.4 Å². The molecule has 1 atom stereocenters. The van der Waals surface area contributed by atoms with Gasteiger partial charge < -0.3 is 0 Å². The number of para-hydroxylation sites is 1. The summed E-state index contributed by atoms with van der Waals surface area (Å²) in [5, 5.41) is 3.00. The number of hydrogen-bond donors (Lipinski definition) is 0. The summed E-state index contributed by atoms with van der Waals surface area (Å²) in [5.41, 5.74) is 4.37. The number of amides is 1. The lowest BCUT2D eigenvalue weighted by Crippen LogP contribution is -2.23. The lowest BCUT2D eigenvalue weighted by molar-refractivity contribution is -0.118. The molecule has 1 aliphatic heterocycles. The Morgan fingerprint density at radius 2 is 1.70 bits per heavy atom. The van der Waals surface area contributed by atoms with Crippen LogP contribution in [0.5, 0.6) is 0 Å². The Morgan fingerprint density at radius 3 is 2.45 bits per heavy atom. The van der Waals surface area contributed by atoms with Gasteiger partial charge in [0.25, 0.3) is 5.91 Å². The number of anilines is 2. The Morgan fingerprint density at radius 1 is 1.00 bits per heavy atom. The first kappa shape index (κ1) is 12.5. The number of nitroso groups, excluding NO2 is 1. The highest BCUT2D eigenvalue weighted by atomic mass is 16.3.